The minimum absolute atomic E-state index is 0.0787. The van der Waals surface area contributed by atoms with E-state index < -0.39 is 5.41 Å². The molecule has 1 heterocycles. The van der Waals surface area contributed by atoms with Crippen molar-refractivity contribution in [2.24, 2.45) is 5.41 Å². The SMILES string of the molecule is O=C1CC2(CCCC2)C(=O)N1Nc1ccc(Cl)cc1. The van der Waals surface area contributed by atoms with Crippen LogP contribution in [0.2, 0.25) is 5.02 Å². The molecule has 0 bridgehead atoms. The molecule has 0 atom stereocenters. The molecule has 1 saturated heterocycles. The first-order valence-corrected chi connectivity index (χ1v) is 6.88. The Labute approximate surface area is 116 Å². The summed E-state index contributed by atoms with van der Waals surface area (Å²) in [6.45, 7) is 0. The smallest absolute Gasteiger partial charge is 0.254 e. The third kappa shape index (κ3) is 2.10. The van der Waals surface area contributed by atoms with Crippen LogP contribution in [0.3, 0.4) is 0 Å². The average molecular weight is 279 g/mol. The van der Waals surface area contributed by atoms with Crippen LogP contribution in [0.5, 0.6) is 0 Å². The van der Waals surface area contributed by atoms with Crippen LogP contribution >= 0.6 is 11.6 Å². The summed E-state index contributed by atoms with van der Waals surface area (Å²) in [5, 5.41) is 1.80. The van der Waals surface area contributed by atoms with Gasteiger partial charge in [0.2, 0.25) is 5.91 Å². The van der Waals surface area contributed by atoms with Crippen molar-refractivity contribution in [2.45, 2.75) is 32.1 Å². The van der Waals surface area contributed by atoms with E-state index in [1.165, 1.54) is 5.01 Å². The van der Waals surface area contributed by atoms with Crippen LogP contribution in [0.4, 0.5) is 5.69 Å². The highest BCUT2D eigenvalue weighted by Crippen LogP contribution is 2.46. The Morgan fingerprint density at radius 3 is 2.37 bits per heavy atom. The molecule has 0 unspecified atom stereocenters. The van der Waals surface area contributed by atoms with Gasteiger partial charge in [0.25, 0.3) is 5.91 Å². The molecule has 19 heavy (non-hydrogen) atoms. The van der Waals surface area contributed by atoms with Crippen LogP contribution in [0.25, 0.3) is 0 Å². The molecule has 4 nitrogen and oxygen atoms in total. The van der Waals surface area contributed by atoms with Gasteiger partial charge in [-0.15, -0.1) is 0 Å². The van der Waals surface area contributed by atoms with E-state index in [1.54, 1.807) is 24.3 Å². The molecule has 0 aromatic heterocycles. The van der Waals surface area contributed by atoms with Crippen molar-refractivity contribution in [1.29, 1.82) is 0 Å². The van der Waals surface area contributed by atoms with E-state index in [2.05, 4.69) is 5.43 Å². The quantitative estimate of drug-likeness (QED) is 0.846. The van der Waals surface area contributed by atoms with Crippen LogP contribution in [0, 0.1) is 5.41 Å². The van der Waals surface area contributed by atoms with Gasteiger partial charge in [-0.2, -0.15) is 5.01 Å². The molecule has 1 N–H and O–H groups in total. The van der Waals surface area contributed by atoms with Gasteiger partial charge in [0.15, 0.2) is 0 Å². The Kier molecular flexibility index (Phi) is 2.97. The van der Waals surface area contributed by atoms with Crippen molar-refractivity contribution in [1.82, 2.24) is 5.01 Å². The predicted octanol–water partition coefficient (Wildman–Crippen LogP) is 2.99. The Morgan fingerprint density at radius 2 is 1.74 bits per heavy atom. The Hall–Kier alpha value is -1.55. The number of carbonyl (C=O) groups is 2. The van der Waals surface area contributed by atoms with Crippen molar-refractivity contribution in [2.75, 3.05) is 5.43 Å². The third-order valence-corrected chi connectivity index (χ3v) is 4.29. The molecule has 2 amide bonds. The number of imide groups is 1. The second-order valence-corrected chi connectivity index (χ2v) is 5.75. The highest BCUT2D eigenvalue weighted by Gasteiger charge is 2.52. The summed E-state index contributed by atoms with van der Waals surface area (Å²) in [6, 6.07) is 6.95. The lowest BCUT2D eigenvalue weighted by Crippen LogP contribution is -2.38. The van der Waals surface area contributed by atoms with Crippen LogP contribution in [0.15, 0.2) is 24.3 Å². The minimum Gasteiger partial charge on any atom is -0.289 e. The number of nitrogens with one attached hydrogen (secondary N) is 1. The topological polar surface area (TPSA) is 49.4 Å². The Bertz CT molecular complexity index is 521. The Balaban J connectivity index is 1.79. The predicted molar refractivity (Wildman–Crippen MR) is 72.4 cm³/mol. The molecule has 3 rings (SSSR count). The normalized spacial score (nSPS) is 21.4. The maximum Gasteiger partial charge on any atom is 0.254 e. The fourth-order valence-electron chi connectivity index (χ4n) is 3.00. The van der Waals surface area contributed by atoms with E-state index in [-0.39, 0.29) is 11.8 Å². The number of nitrogens with zero attached hydrogens (tertiary/aromatic N) is 1. The number of rotatable bonds is 2. The van der Waals surface area contributed by atoms with E-state index in [1.807, 2.05) is 0 Å². The fraction of sp³-hybridized carbons (Fsp3) is 0.429. The molecule has 1 aromatic rings. The van der Waals surface area contributed by atoms with Crippen molar-refractivity contribution in [3.05, 3.63) is 29.3 Å². The number of anilines is 1. The molecule has 1 saturated carbocycles. The lowest BCUT2D eigenvalue weighted by molar-refractivity contribution is -0.139. The van der Waals surface area contributed by atoms with Gasteiger partial charge in [-0.25, -0.2) is 0 Å². The third-order valence-electron chi connectivity index (χ3n) is 4.04. The molecule has 2 fully saturated rings. The number of carbonyl (C=O) groups excluding carboxylic acids is 2. The molecule has 1 aromatic carbocycles. The number of halogens is 1. The molecule has 0 radical (unpaired) electrons. The monoisotopic (exact) mass is 278 g/mol. The van der Waals surface area contributed by atoms with E-state index in [0.717, 1.165) is 25.7 Å². The highest BCUT2D eigenvalue weighted by molar-refractivity contribution is 6.30. The van der Waals surface area contributed by atoms with E-state index in [9.17, 15) is 9.59 Å². The second kappa shape index (κ2) is 4.53. The molecule has 2 aliphatic rings. The first kappa shape index (κ1) is 12.5. The van der Waals surface area contributed by atoms with Crippen LogP contribution in [0.1, 0.15) is 32.1 Å². The minimum atomic E-state index is -0.434. The fourth-order valence-corrected chi connectivity index (χ4v) is 3.13. The summed E-state index contributed by atoms with van der Waals surface area (Å²) in [4.78, 5) is 24.5. The maximum atomic E-state index is 12.4. The number of amides is 2. The lowest BCUT2D eigenvalue weighted by atomic mass is 9.85. The first-order chi connectivity index (χ1) is 9.11. The molecule has 100 valence electrons. The molecular weight excluding hydrogens is 264 g/mol. The summed E-state index contributed by atoms with van der Waals surface area (Å²) >= 11 is 5.81. The molecule has 5 heteroatoms. The van der Waals surface area contributed by atoms with Gasteiger partial charge in [-0.1, -0.05) is 24.4 Å². The summed E-state index contributed by atoms with van der Waals surface area (Å²) < 4.78 is 0. The molecule has 1 aliphatic heterocycles. The number of benzene rings is 1. The van der Waals surface area contributed by atoms with Crippen LogP contribution in [-0.2, 0) is 9.59 Å². The van der Waals surface area contributed by atoms with E-state index >= 15 is 0 Å². The first-order valence-electron chi connectivity index (χ1n) is 6.50. The zero-order chi connectivity index (χ0) is 13.5. The highest BCUT2D eigenvalue weighted by atomic mass is 35.5. The number of hydrogen-bond donors (Lipinski definition) is 1. The lowest BCUT2D eigenvalue weighted by Gasteiger charge is -2.21. The van der Waals surface area contributed by atoms with Crippen molar-refractivity contribution >= 4 is 29.1 Å². The van der Waals surface area contributed by atoms with Gasteiger partial charge in [0.05, 0.1) is 11.1 Å². The van der Waals surface area contributed by atoms with E-state index in [0.29, 0.717) is 17.1 Å². The van der Waals surface area contributed by atoms with Crippen molar-refractivity contribution in [3.63, 3.8) is 0 Å². The summed E-state index contributed by atoms with van der Waals surface area (Å²) in [6.07, 6.45) is 4.07. The standard InChI is InChI=1S/C14H15ClN2O2/c15-10-3-5-11(6-4-10)16-17-12(18)9-14(13(17)19)7-1-2-8-14/h3-6,16H,1-2,7-9H2. The summed E-state index contributed by atoms with van der Waals surface area (Å²) in [7, 11) is 0. The van der Waals surface area contributed by atoms with Gasteiger partial charge < -0.3 is 0 Å². The van der Waals surface area contributed by atoms with E-state index in [4.69, 9.17) is 11.6 Å². The van der Waals surface area contributed by atoms with Gasteiger partial charge in [0, 0.05) is 11.4 Å². The van der Waals surface area contributed by atoms with Crippen molar-refractivity contribution in [3.8, 4) is 0 Å². The number of hydrogen-bond acceptors (Lipinski definition) is 3. The van der Waals surface area contributed by atoms with Crippen LogP contribution < -0.4 is 5.43 Å². The van der Waals surface area contributed by atoms with Crippen LogP contribution in [-0.4, -0.2) is 16.8 Å². The largest absolute Gasteiger partial charge is 0.289 e. The zero-order valence-electron chi connectivity index (χ0n) is 10.5. The molecule has 1 aliphatic carbocycles. The van der Waals surface area contributed by atoms with Gasteiger partial charge in [-0.3, -0.25) is 15.0 Å². The molecule has 1 spiro atoms. The van der Waals surface area contributed by atoms with Crippen molar-refractivity contribution < 1.29 is 9.59 Å². The Morgan fingerprint density at radius 1 is 1.11 bits per heavy atom. The van der Waals surface area contributed by atoms with Gasteiger partial charge in [-0.05, 0) is 37.1 Å². The second-order valence-electron chi connectivity index (χ2n) is 5.32. The summed E-state index contributed by atoms with van der Waals surface area (Å²) in [5.41, 5.74) is 3.16. The van der Waals surface area contributed by atoms with Gasteiger partial charge in [0.1, 0.15) is 0 Å². The number of hydrazine groups is 1. The summed E-state index contributed by atoms with van der Waals surface area (Å²) in [5.74, 6) is -0.216. The van der Waals surface area contributed by atoms with Gasteiger partial charge >= 0.3 is 0 Å². The zero-order valence-corrected chi connectivity index (χ0v) is 11.2. The maximum absolute atomic E-state index is 12.4. The molecular formula is C14H15ClN2O2. The average Bonchev–Trinajstić information content (AvgIpc) is 2.94.